The Morgan fingerprint density at radius 3 is 2.31 bits per heavy atom. The highest BCUT2D eigenvalue weighted by molar-refractivity contribution is 5.22. The average molecular weight is 222 g/mol. The molecule has 0 aromatic heterocycles. The van der Waals surface area contributed by atoms with Crippen molar-refractivity contribution in [3.05, 3.63) is 35.4 Å². The van der Waals surface area contributed by atoms with Gasteiger partial charge in [-0.1, -0.05) is 24.3 Å². The zero-order chi connectivity index (χ0) is 11.2. The van der Waals surface area contributed by atoms with E-state index in [1.54, 1.807) is 0 Å². The van der Waals surface area contributed by atoms with Gasteiger partial charge in [0, 0.05) is 39.1 Å². The van der Waals surface area contributed by atoms with E-state index in [1.165, 1.54) is 5.56 Å². The van der Waals surface area contributed by atoms with Gasteiger partial charge in [0.1, 0.15) is 0 Å². The van der Waals surface area contributed by atoms with Gasteiger partial charge in [-0.15, -0.1) is 0 Å². The molecule has 1 N–H and O–H groups in total. The Morgan fingerprint density at radius 1 is 1.06 bits per heavy atom. The lowest BCUT2D eigenvalue weighted by Crippen LogP contribution is -2.42. The van der Waals surface area contributed by atoms with E-state index in [-0.39, 0.29) is 6.67 Å². The van der Waals surface area contributed by atoms with Gasteiger partial charge in [0.2, 0.25) is 0 Å². The first kappa shape index (κ1) is 11.6. The molecule has 0 atom stereocenters. The fourth-order valence-electron chi connectivity index (χ4n) is 2.05. The molecule has 2 rings (SSSR count). The van der Waals surface area contributed by atoms with Gasteiger partial charge < -0.3 is 5.32 Å². The number of nitrogens with one attached hydrogen (secondary N) is 1. The van der Waals surface area contributed by atoms with Gasteiger partial charge in [-0.3, -0.25) is 9.29 Å². The maximum Gasteiger partial charge on any atom is 0.0934 e. The van der Waals surface area contributed by atoms with Crippen molar-refractivity contribution in [2.24, 2.45) is 0 Å². The molecule has 0 spiro atoms. The van der Waals surface area contributed by atoms with Crippen LogP contribution in [0.25, 0.3) is 0 Å². The Kier molecular flexibility index (Phi) is 4.31. The fraction of sp³-hybridized carbons (Fsp3) is 0.538. The number of alkyl halides is 1. The SMILES string of the molecule is FCCc1ccc(CN2CCNCC2)cc1. The molecule has 1 fully saturated rings. The van der Waals surface area contributed by atoms with Crippen LogP contribution >= 0.6 is 0 Å². The number of benzene rings is 1. The van der Waals surface area contributed by atoms with E-state index in [0.29, 0.717) is 6.42 Å². The molecule has 1 aromatic carbocycles. The Bertz CT molecular complexity index is 304. The highest BCUT2D eigenvalue weighted by atomic mass is 19.1. The van der Waals surface area contributed by atoms with Gasteiger partial charge in [-0.2, -0.15) is 0 Å². The summed E-state index contributed by atoms with van der Waals surface area (Å²) in [7, 11) is 0. The van der Waals surface area contributed by atoms with Crippen LogP contribution in [0.5, 0.6) is 0 Å². The predicted octanol–water partition coefficient (Wildman–Crippen LogP) is 1.60. The van der Waals surface area contributed by atoms with Crippen molar-refractivity contribution >= 4 is 0 Å². The van der Waals surface area contributed by atoms with Crippen LogP contribution in [-0.4, -0.2) is 37.8 Å². The Morgan fingerprint density at radius 2 is 1.69 bits per heavy atom. The number of hydrogen-bond donors (Lipinski definition) is 1. The molecule has 0 amide bonds. The largest absolute Gasteiger partial charge is 0.314 e. The lowest BCUT2D eigenvalue weighted by molar-refractivity contribution is 0.233. The quantitative estimate of drug-likeness (QED) is 0.832. The van der Waals surface area contributed by atoms with Crippen LogP contribution in [0.2, 0.25) is 0 Å². The molecular formula is C13H19FN2. The number of piperazine rings is 1. The maximum atomic E-state index is 12.1. The first-order valence-electron chi connectivity index (χ1n) is 5.95. The van der Waals surface area contributed by atoms with E-state index >= 15 is 0 Å². The molecule has 1 aromatic rings. The van der Waals surface area contributed by atoms with Crippen LogP contribution in [0.15, 0.2) is 24.3 Å². The molecule has 3 heteroatoms. The predicted molar refractivity (Wildman–Crippen MR) is 64.3 cm³/mol. The number of aryl methyl sites for hydroxylation is 1. The average Bonchev–Trinajstić information content (AvgIpc) is 2.33. The minimum Gasteiger partial charge on any atom is -0.314 e. The summed E-state index contributed by atoms with van der Waals surface area (Å²) >= 11 is 0. The molecule has 0 aliphatic carbocycles. The Hall–Kier alpha value is -0.930. The van der Waals surface area contributed by atoms with Gasteiger partial charge in [-0.25, -0.2) is 0 Å². The molecule has 1 aliphatic heterocycles. The topological polar surface area (TPSA) is 15.3 Å². The molecule has 88 valence electrons. The summed E-state index contributed by atoms with van der Waals surface area (Å²) in [5, 5.41) is 3.34. The van der Waals surface area contributed by atoms with Crippen molar-refractivity contribution in [2.45, 2.75) is 13.0 Å². The number of nitrogens with zero attached hydrogens (tertiary/aromatic N) is 1. The van der Waals surface area contributed by atoms with Crippen molar-refractivity contribution in [2.75, 3.05) is 32.9 Å². The minimum atomic E-state index is -0.267. The normalized spacial score (nSPS) is 17.6. The highest BCUT2D eigenvalue weighted by Crippen LogP contribution is 2.08. The van der Waals surface area contributed by atoms with Crippen LogP contribution in [0.3, 0.4) is 0 Å². The summed E-state index contributed by atoms with van der Waals surface area (Å²) in [6, 6.07) is 8.31. The minimum absolute atomic E-state index is 0.267. The first-order chi connectivity index (χ1) is 7.88. The second-order valence-corrected chi connectivity index (χ2v) is 4.28. The van der Waals surface area contributed by atoms with Crippen molar-refractivity contribution in [1.82, 2.24) is 10.2 Å². The van der Waals surface area contributed by atoms with Crippen molar-refractivity contribution < 1.29 is 4.39 Å². The molecule has 2 nitrogen and oxygen atoms in total. The van der Waals surface area contributed by atoms with E-state index in [1.807, 2.05) is 12.1 Å². The van der Waals surface area contributed by atoms with E-state index in [0.717, 1.165) is 38.3 Å². The smallest absolute Gasteiger partial charge is 0.0934 e. The van der Waals surface area contributed by atoms with Crippen LogP contribution in [0.1, 0.15) is 11.1 Å². The van der Waals surface area contributed by atoms with Crippen LogP contribution in [0.4, 0.5) is 4.39 Å². The van der Waals surface area contributed by atoms with Crippen molar-refractivity contribution in [3.63, 3.8) is 0 Å². The van der Waals surface area contributed by atoms with Gasteiger partial charge in [-0.05, 0) is 11.1 Å². The van der Waals surface area contributed by atoms with Gasteiger partial charge in [0.15, 0.2) is 0 Å². The van der Waals surface area contributed by atoms with E-state index in [9.17, 15) is 4.39 Å². The molecule has 0 saturated carbocycles. The molecule has 1 saturated heterocycles. The van der Waals surface area contributed by atoms with Crippen LogP contribution in [0, 0.1) is 0 Å². The second kappa shape index (κ2) is 5.97. The zero-order valence-corrected chi connectivity index (χ0v) is 9.58. The lowest BCUT2D eigenvalue weighted by Gasteiger charge is -2.27. The standard InChI is InChI=1S/C13H19FN2/c14-6-5-12-1-3-13(4-2-12)11-16-9-7-15-8-10-16/h1-4,15H,5-11H2. The van der Waals surface area contributed by atoms with Crippen molar-refractivity contribution in [3.8, 4) is 0 Å². The monoisotopic (exact) mass is 222 g/mol. The zero-order valence-electron chi connectivity index (χ0n) is 9.58. The van der Waals surface area contributed by atoms with E-state index < -0.39 is 0 Å². The molecular weight excluding hydrogens is 203 g/mol. The van der Waals surface area contributed by atoms with Gasteiger partial charge in [0.05, 0.1) is 6.67 Å². The summed E-state index contributed by atoms with van der Waals surface area (Å²) in [5.74, 6) is 0. The maximum absolute atomic E-state index is 12.1. The molecule has 1 aliphatic rings. The molecule has 0 bridgehead atoms. The summed E-state index contributed by atoms with van der Waals surface area (Å²) in [6.07, 6.45) is 0.536. The van der Waals surface area contributed by atoms with Gasteiger partial charge in [0.25, 0.3) is 0 Å². The van der Waals surface area contributed by atoms with Gasteiger partial charge >= 0.3 is 0 Å². The lowest BCUT2D eigenvalue weighted by atomic mass is 10.1. The first-order valence-corrected chi connectivity index (χ1v) is 5.95. The Labute approximate surface area is 96.5 Å². The number of hydrogen-bond acceptors (Lipinski definition) is 2. The molecule has 16 heavy (non-hydrogen) atoms. The third-order valence-electron chi connectivity index (χ3n) is 3.02. The van der Waals surface area contributed by atoms with Crippen LogP contribution in [-0.2, 0) is 13.0 Å². The Balaban J connectivity index is 1.88. The second-order valence-electron chi connectivity index (χ2n) is 4.28. The van der Waals surface area contributed by atoms with E-state index in [2.05, 4.69) is 22.3 Å². The summed E-state index contributed by atoms with van der Waals surface area (Å²) in [4.78, 5) is 2.45. The molecule has 1 heterocycles. The molecule has 0 radical (unpaired) electrons. The summed E-state index contributed by atoms with van der Waals surface area (Å²) < 4.78 is 12.1. The number of rotatable bonds is 4. The highest BCUT2D eigenvalue weighted by Gasteiger charge is 2.09. The third kappa shape index (κ3) is 3.29. The van der Waals surface area contributed by atoms with Crippen LogP contribution < -0.4 is 5.32 Å². The molecule has 0 unspecified atom stereocenters. The number of halogens is 1. The summed E-state index contributed by atoms with van der Waals surface area (Å²) in [6.45, 7) is 5.15. The summed E-state index contributed by atoms with van der Waals surface area (Å²) in [5.41, 5.74) is 2.41. The fourth-order valence-corrected chi connectivity index (χ4v) is 2.05. The third-order valence-corrected chi connectivity index (χ3v) is 3.02. The van der Waals surface area contributed by atoms with E-state index in [4.69, 9.17) is 0 Å². The van der Waals surface area contributed by atoms with Crippen molar-refractivity contribution in [1.29, 1.82) is 0 Å².